The highest BCUT2D eigenvalue weighted by Gasteiger charge is 1.98. The lowest BCUT2D eigenvalue weighted by molar-refractivity contribution is 0.305. The molecule has 0 aliphatic heterocycles. The fourth-order valence-electron chi connectivity index (χ4n) is 1.82. The van der Waals surface area contributed by atoms with Gasteiger partial charge in [-0.05, 0) is 52.9 Å². The Kier molecular flexibility index (Phi) is 5.28. The van der Waals surface area contributed by atoms with Crippen LogP contribution in [0.15, 0.2) is 59.1 Å². The molecule has 0 saturated carbocycles. The summed E-state index contributed by atoms with van der Waals surface area (Å²) < 4.78 is 6.75. The summed E-state index contributed by atoms with van der Waals surface area (Å²) in [5.41, 5.74) is 1.40. The van der Waals surface area contributed by atoms with Crippen LogP contribution in [0.25, 0.3) is 0 Å². The minimum atomic E-state index is 0.773. The Morgan fingerprint density at radius 1 is 0.833 bits per heavy atom. The predicted molar refractivity (Wildman–Crippen MR) is 79.0 cm³/mol. The molecule has 0 spiro atoms. The summed E-state index contributed by atoms with van der Waals surface area (Å²) >= 11 is 3.48. The van der Waals surface area contributed by atoms with Gasteiger partial charge in [-0.2, -0.15) is 0 Å². The fraction of sp³-hybridized carbons (Fsp3) is 0.250. The van der Waals surface area contributed by atoms with Crippen LogP contribution in [0.3, 0.4) is 0 Å². The topological polar surface area (TPSA) is 9.23 Å². The van der Waals surface area contributed by atoms with Crippen LogP contribution < -0.4 is 4.74 Å². The molecule has 0 aromatic heterocycles. The molecule has 2 aromatic rings. The monoisotopic (exact) mass is 304 g/mol. The first kappa shape index (κ1) is 13.2. The maximum atomic E-state index is 5.73. The number of aryl methyl sites for hydroxylation is 1. The molecule has 0 saturated heterocycles. The van der Waals surface area contributed by atoms with Crippen LogP contribution in [0, 0.1) is 0 Å². The number of unbranched alkanes of at least 4 members (excludes halogenated alkanes) is 1. The Morgan fingerprint density at radius 3 is 2.33 bits per heavy atom. The molecule has 1 nitrogen and oxygen atoms in total. The second-order valence-electron chi connectivity index (χ2n) is 4.22. The molecule has 2 heteroatoms. The molecule has 0 radical (unpaired) electrons. The van der Waals surface area contributed by atoms with Crippen LogP contribution in [-0.4, -0.2) is 6.61 Å². The molecule has 0 heterocycles. The van der Waals surface area contributed by atoms with Gasteiger partial charge in [0.05, 0.1) is 11.1 Å². The first-order valence-electron chi connectivity index (χ1n) is 6.27. The Balaban J connectivity index is 1.66. The van der Waals surface area contributed by atoms with Crippen LogP contribution in [0.4, 0.5) is 0 Å². The summed E-state index contributed by atoms with van der Waals surface area (Å²) in [5.74, 6) is 0.928. The Bertz CT molecular complexity index is 468. The molecule has 0 bridgehead atoms. The van der Waals surface area contributed by atoms with Crippen LogP contribution in [-0.2, 0) is 6.42 Å². The van der Waals surface area contributed by atoms with Crippen LogP contribution >= 0.6 is 15.9 Å². The van der Waals surface area contributed by atoms with Crippen molar-refractivity contribution in [3.63, 3.8) is 0 Å². The predicted octanol–water partition coefficient (Wildman–Crippen LogP) is 4.85. The highest BCUT2D eigenvalue weighted by Crippen LogP contribution is 2.23. The number of benzene rings is 2. The second kappa shape index (κ2) is 7.22. The van der Waals surface area contributed by atoms with E-state index in [0.717, 1.165) is 36.1 Å². The van der Waals surface area contributed by atoms with Crippen LogP contribution in [0.5, 0.6) is 5.75 Å². The second-order valence-corrected chi connectivity index (χ2v) is 5.08. The van der Waals surface area contributed by atoms with Crippen molar-refractivity contribution in [3.05, 3.63) is 64.6 Å². The SMILES string of the molecule is Brc1ccccc1OCCCCc1ccccc1. The van der Waals surface area contributed by atoms with Crippen molar-refractivity contribution in [2.75, 3.05) is 6.61 Å². The summed E-state index contributed by atoms with van der Waals surface area (Å²) in [5, 5.41) is 0. The van der Waals surface area contributed by atoms with Crippen LogP contribution in [0.1, 0.15) is 18.4 Å². The maximum Gasteiger partial charge on any atom is 0.133 e. The summed E-state index contributed by atoms with van der Waals surface area (Å²) in [6.07, 6.45) is 3.37. The Morgan fingerprint density at radius 2 is 1.56 bits per heavy atom. The van der Waals surface area contributed by atoms with Gasteiger partial charge in [-0.3, -0.25) is 0 Å². The number of ether oxygens (including phenoxy) is 1. The summed E-state index contributed by atoms with van der Waals surface area (Å²) in [4.78, 5) is 0. The largest absolute Gasteiger partial charge is 0.492 e. The summed E-state index contributed by atoms with van der Waals surface area (Å²) in [7, 11) is 0. The van der Waals surface area contributed by atoms with E-state index in [4.69, 9.17) is 4.74 Å². The maximum absolute atomic E-state index is 5.73. The molecule has 94 valence electrons. The zero-order chi connectivity index (χ0) is 12.6. The van der Waals surface area contributed by atoms with Crippen molar-refractivity contribution >= 4 is 15.9 Å². The first-order valence-corrected chi connectivity index (χ1v) is 7.07. The summed E-state index contributed by atoms with van der Waals surface area (Å²) in [6.45, 7) is 0.773. The molecule has 0 unspecified atom stereocenters. The van der Waals surface area contributed by atoms with E-state index in [1.165, 1.54) is 5.56 Å². The molecule has 0 N–H and O–H groups in total. The lowest BCUT2D eigenvalue weighted by Gasteiger charge is -2.07. The molecule has 2 aromatic carbocycles. The third-order valence-corrected chi connectivity index (χ3v) is 3.45. The van der Waals surface area contributed by atoms with Crippen molar-refractivity contribution in [2.24, 2.45) is 0 Å². The molecule has 0 fully saturated rings. The fourth-order valence-corrected chi connectivity index (χ4v) is 2.22. The third kappa shape index (κ3) is 4.19. The third-order valence-electron chi connectivity index (χ3n) is 2.80. The zero-order valence-electron chi connectivity index (χ0n) is 10.3. The normalized spacial score (nSPS) is 10.3. The van der Waals surface area contributed by atoms with Gasteiger partial charge >= 0.3 is 0 Å². The molecule has 0 aliphatic rings. The number of para-hydroxylation sites is 1. The van der Waals surface area contributed by atoms with E-state index in [-0.39, 0.29) is 0 Å². The Hall–Kier alpha value is -1.28. The van der Waals surface area contributed by atoms with Gasteiger partial charge in [0.2, 0.25) is 0 Å². The highest BCUT2D eigenvalue weighted by molar-refractivity contribution is 9.10. The Labute approximate surface area is 117 Å². The molecule has 2 rings (SSSR count). The number of halogens is 1. The standard InChI is InChI=1S/C16H17BrO/c17-15-11-4-5-12-16(15)18-13-7-6-10-14-8-2-1-3-9-14/h1-5,8-9,11-12H,6-7,10,13H2. The molecular weight excluding hydrogens is 288 g/mol. The number of hydrogen-bond donors (Lipinski definition) is 0. The molecule has 0 amide bonds. The van der Waals surface area contributed by atoms with Gasteiger partial charge in [-0.15, -0.1) is 0 Å². The molecule has 18 heavy (non-hydrogen) atoms. The van der Waals surface area contributed by atoms with E-state index < -0.39 is 0 Å². The first-order chi connectivity index (χ1) is 8.86. The van der Waals surface area contributed by atoms with Crippen molar-refractivity contribution < 1.29 is 4.74 Å². The minimum absolute atomic E-state index is 0.773. The zero-order valence-corrected chi connectivity index (χ0v) is 11.9. The van der Waals surface area contributed by atoms with E-state index in [1.54, 1.807) is 0 Å². The molecular formula is C16H17BrO. The average Bonchev–Trinajstić information content (AvgIpc) is 2.42. The van der Waals surface area contributed by atoms with Gasteiger partial charge in [0.1, 0.15) is 5.75 Å². The van der Waals surface area contributed by atoms with Gasteiger partial charge in [0.25, 0.3) is 0 Å². The van der Waals surface area contributed by atoms with Gasteiger partial charge < -0.3 is 4.74 Å². The minimum Gasteiger partial charge on any atom is -0.492 e. The van der Waals surface area contributed by atoms with E-state index in [2.05, 4.69) is 46.3 Å². The smallest absolute Gasteiger partial charge is 0.133 e. The van der Waals surface area contributed by atoms with Crippen LogP contribution in [0.2, 0.25) is 0 Å². The molecule has 0 atom stereocenters. The average molecular weight is 305 g/mol. The van der Waals surface area contributed by atoms with E-state index in [9.17, 15) is 0 Å². The van der Waals surface area contributed by atoms with Crippen molar-refractivity contribution in [1.29, 1.82) is 0 Å². The van der Waals surface area contributed by atoms with E-state index in [1.807, 2.05) is 24.3 Å². The van der Waals surface area contributed by atoms with Crippen molar-refractivity contribution in [1.82, 2.24) is 0 Å². The lowest BCUT2D eigenvalue weighted by atomic mass is 10.1. The number of rotatable bonds is 6. The van der Waals surface area contributed by atoms with E-state index in [0.29, 0.717) is 0 Å². The van der Waals surface area contributed by atoms with Gasteiger partial charge in [-0.1, -0.05) is 42.5 Å². The highest BCUT2D eigenvalue weighted by atomic mass is 79.9. The van der Waals surface area contributed by atoms with Gasteiger partial charge in [0.15, 0.2) is 0 Å². The van der Waals surface area contributed by atoms with Crippen molar-refractivity contribution in [2.45, 2.75) is 19.3 Å². The van der Waals surface area contributed by atoms with Gasteiger partial charge in [0, 0.05) is 0 Å². The van der Waals surface area contributed by atoms with Gasteiger partial charge in [-0.25, -0.2) is 0 Å². The molecule has 0 aliphatic carbocycles. The number of hydrogen-bond acceptors (Lipinski definition) is 1. The quantitative estimate of drug-likeness (QED) is 0.693. The van der Waals surface area contributed by atoms with Crippen molar-refractivity contribution in [3.8, 4) is 5.75 Å². The summed E-state index contributed by atoms with van der Waals surface area (Å²) in [6, 6.07) is 18.6. The van der Waals surface area contributed by atoms with E-state index >= 15 is 0 Å². The lowest BCUT2D eigenvalue weighted by Crippen LogP contribution is -1.98.